The van der Waals surface area contributed by atoms with Gasteiger partial charge in [0, 0.05) is 42.8 Å². The molecule has 2 fully saturated rings. The number of aromatic nitrogens is 2. The number of nitrogens with zero attached hydrogens (tertiary/aromatic N) is 3. The molecule has 7 nitrogen and oxygen atoms in total. The van der Waals surface area contributed by atoms with Crippen LogP contribution in [0.4, 0.5) is 24.9 Å². The molecule has 206 valence electrons. The summed E-state index contributed by atoms with van der Waals surface area (Å²) in [7, 11) is 0. The molecular formula is C28H29ClF3N5O2. The second-order valence-corrected chi connectivity index (χ2v) is 10.9. The van der Waals surface area contributed by atoms with Gasteiger partial charge in [-0.2, -0.15) is 18.2 Å². The third-order valence-corrected chi connectivity index (χ3v) is 8.11. The lowest BCUT2D eigenvalue weighted by molar-refractivity contribution is -0.150. The minimum Gasteiger partial charge on any atom is -0.480 e. The first-order valence-corrected chi connectivity index (χ1v) is 13.2. The van der Waals surface area contributed by atoms with Crippen molar-refractivity contribution in [2.24, 2.45) is 5.41 Å². The average molecular weight is 560 g/mol. The lowest BCUT2D eigenvalue weighted by Gasteiger charge is -2.39. The first kappa shape index (κ1) is 27.2. The molecule has 4 N–H and O–H groups in total. The number of carbonyl (C=O) groups is 1. The summed E-state index contributed by atoms with van der Waals surface area (Å²) in [5, 5.41) is 12.9. The number of hydrogen-bond donors (Lipinski definition) is 3. The number of nitrogen functional groups attached to an aromatic ring is 1. The molecule has 2 aromatic carbocycles. The molecule has 3 aromatic rings. The SMILES string of the molecule is Nc1nc(C[C@H](c2ccccc2-c2cccc(Cl)c2)C(F)(F)F)cc(N2CCC3(CC2)CN[C@H](C(=O)O)C3)n1. The van der Waals surface area contributed by atoms with E-state index in [2.05, 4.69) is 15.3 Å². The molecule has 0 radical (unpaired) electrons. The Morgan fingerprint density at radius 1 is 1.15 bits per heavy atom. The maximum atomic E-state index is 14.5. The minimum absolute atomic E-state index is 0.0830. The molecule has 2 aliphatic heterocycles. The van der Waals surface area contributed by atoms with Gasteiger partial charge >= 0.3 is 12.1 Å². The molecule has 0 amide bonds. The van der Waals surface area contributed by atoms with Crippen LogP contribution in [0.2, 0.25) is 5.02 Å². The number of halogens is 4. The summed E-state index contributed by atoms with van der Waals surface area (Å²) < 4.78 is 43.6. The highest BCUT2D eigenvalue weighted by Gasteiger charge is 2.44. The van der Waals surface area contributed by atoms with Crippen molar-refractivity contribution in [3.05, 3.63) is 70.9 Å². The van der Waals surface area contributed by atoms with Crippen molar-refractivity contribution < 1.29 is 23.1 Å². The van der Waals surface area contributed by atoms with Crippen LogP contribution >= 0.6 is 11.6 Å². The fourth-order valence-corrected chi connectivity index (χ4v) is 5.97. The number of benzene rings is 2. The van der Waals surface area contributed by atoms with Crippen molar-refractivity contribution in [1.29, 1.82) is 0 Å². The summed E-state index contributed by atoms with van der Waals surface area (Å²) in [6, 6.07) is 14.3. The predicted octanol–water partition coefficient (Wildman–Crippen LogP) is 5.30. The van der Waals surface area contributed by atoms with E-state index < -0.39 is 30.5 Å². The Morgan fingerprint density at radius 2 is 1.90 bits per heavy atom. The lowest BCUT2D eigenvalue weighted by Crippen LogP contribution is -2.41. The van der Waals surface area contributed by atoms with Crippen LogP contribution in [0.3, 0.4) is 0 Å². The summed E-state index contributed by atoms with van der Waals surface area (Å²) in [6.07, 6.45) is -2.87. The highest BCUT2D eigenvalue weighted by molar-refractivity contribution is 6.30. The fourth-order valence-electron chi connectivity index (χ4n) is 5.78. The number of anilines is 2. The zero-order valence-corrected chi connectivity index (χ0v) is 21.8. The third-order valence-electron chi connectivity index (χ3n) is 7.87. The molecule has 2 saturated heterocycles. The Balaban J connectivity index is 1.39. The highest BCUT2D eigenvalue weighted by atomic mass is 35.5. The van der Waals surface area contributed by atoms with Crippen LogP contribution in [0, 0.1) is 5.41 Å². The molecule has 11 heteroatoms. The van der Waals surface area contributed by atoms with Crippen LogP contribution < -0.4 is 16.0 Å². The molecule has 0 unspecified atom stereocenters. The van der Waals surface area contributed by atoms with Gasteiger partial charge in [-0.05, 0) is 53.5 Å². The Hall–Kier alpha value is -3.37. The van der Waals surface area contributed by atoms with Crippen LogP contribution in [-0.4, -0.2) is 52.9 Å². The first-order valence-electron chi connectivity index (χ1n) is 12.8. The topological polar surface area (TPSA) is 104 Å². The summed E-state index contributed by atoms with van der Waals surface area (Å²) in [5.74, 6) is -2.27. The maximum absolute atomic E-state index is 14.5. The zero-order valence-electron chi connectivity index (χ0n) is 21.1. The molecule has 1 aromatic heterocycles. The predicted molar refractivity (Wildman–Crippen MR) is 144 cm³/mol. The number of carboxylic acid groups (broad SMARTS) is 1. The van der Waals surface area contributed by atoms with Gasteiger partial charge in [-0.25, -0.2) is 4.98 Å². The van der Waals surface area contributed by atoms with Gasteiger partial charge in [0.05, 0.1) is 5.92 Å². The van der Waals surface area contributed by atoms with Crippen molar-refractivity contribution >= 4 is 29.3 Å². The van der Waals surface area contributed by atoms with E-state index in [4.69, 9.17) is 17.3 Å². The highest BCUT2D eigenvalue weighted by Crippen LogP contribution is 2.43. The van der Waals surface area contributed by atoms with E-state index in [1.165, 1.54) is 6.07 Å². The Labute approximate surface area is 229 Å². The van der Waals surface area contributed by atoms with Crippen molar-refractivity contribution in [3.63, 3.8) is 0 Å². The van der Waals surface area contributed by atoms with Gasteiger partial charge in [-0.3, -0.25) is 4.79 Å². The van der Waals surface area contributed by atoms with Crippen molar-refractivity contribution in [1.82, 2.24) is 15.3 Å². The summed E-state index contributed by atoms with van der Waals surface area (Å²) in [4.78, 5) is 21.9. The molecule has 2 atom stereocenters. The molecular weight excluding hydrogens is 531 g/mol. The van der Waals surface area contributed by atoms with E-state index in [1.54, 1.807) is 48.5 Å². The zero-order chi connectivity index (χ0) is 27.8. The fraction of sp³-hybridized carbons (Fsp3) is 0.393. The normalized spacial score (nSPS) is 19.8. The molecule has 2 aliphatic rings. The van der Waals surface area contributed by atoms with E-state index in [0.717, 1.165) is 12.8 Å². The minimum atomic E-state index is -4.54. The Bertz CT molecular complexity index is 1360. The molecule has 39 heavy (non-hydrogen) atoms. The average Bonchev–Trinajstić information content (AvgIpc) is 3.30. The molecule has 1 spiro atoms. The van der Waals surface area contributed by atoms with Gasteiger partial charge in [-0.15, -0.1) is 0 Å². The Morgan fingerprint density at radius 3 is 2.56 bits per heavy atom. The second kappa shape index (κ2) is 10.7. The van der Waals surface area contributed by atoms with E-state index >= 15 is 0 Å². The molecule has 5 rings (SSSR count). The summed E-state index contributed by atoms with van der Waals surface area (Å²) in [6.45, 7) is 1.84. The number of carboxylic acids is 1. The summed E-state index contributed by atoms with van der Waals surface area (Å²) >= 11 is 6.13. The number of nitrogens with one attached hydrogen (secondary N) is 1. The third kappa shape index (κ3) is 5.96. The largest absolute Gasteiger partial charge is 0.480 e. The van der Waals surface area contributed by atoms with Gasteiger partial charge in [0.1, 0.15) is 11.9 Å². The quantitative estimate of drug-likeness (QED) is 0.376. The van der Waals surface area contributed by atoms with E-state index in [0.29, 0.717) is 48.0 Å². The van der Waals surface area contributed by atoms with Crippen molar-refractivity contribution in [2.75, 3.05) is 30.3 Å². The number of alkyl halides is 3. The van der Waals surface area contributed by atoms with Gasteiger partial charge < -0.3 is 21.1 Å². The number of rotatable bonds is 6. The van der Waals surface area contributed by atoms with Gasteiger partial charge in [0.15, 0.2) is 0 Å². The van der Waals surface area contributed by atoms with Crippen molar-refractivity contribution in [3.8, 4) is 11.1 Å². The summed E-state index contributed by atoms with van der Waals surface area (Å²) in [5.41, 5.74) is 7.26. The van der Waals surface area contributed by atoms with Gasteiger partial charge in [0.25, 0.3) is 0 Å². The second-order valence-electron chi connectivity index (χ2n) is 10.4. The monoisotopic (exact) mass is 559 g/mol. The number of hydrogen-bond acceptors (Lipinski definition) is 6. The maximum Gasteiger partial charge on any atom is 0.396 e. The first-order chi connectivity index (χ1) is 18.5. The standard InChI is InChI=1S/C28H29ClF3N5O2/c29-18-5-3-4-17(12-18)20-6-1-2-7-21(20)22(28(30,31)32)13-19-14-24(36-26(33)35-19)37-10-8-27(9-11-37)15-23(25(38)39)34-16-27/h1-7,12,14,22-23,34H,8-11,13,15-16H2,(H,38,39)(H2,33,35,36)/t22-,23+/m1/s1. The Kier molecular flexibility index (Phi) is 7.43. The molecule has 0 bridgehead atoms. The van der Waals surface area contributed by atoms with Crippen LogP contribution in [0.5, 0.6) is 0 Å². The number of nitrogens with two attached hydrogens (primary N) is 1. The van der Waals surface area contributed by atoms with Gasteiger partial charge in [0.2, 0.25) is 5.95 Å². The van der Waals surface area contributed by atoms with Crippen molar-refractivity contribution in [2.45, 2.75) is 43.8 Å². The molecule has 3 heterocycles. The number of aliphatic carboxylic acids is 1. The number of piperidine rings is 1. The molecule has 0 aliphatic carbocycles. The van der Waals surface area contributed by atoms with Crippen LogP contribution in [0.15, 0.2) is 54.6 Å². The smallest absolute Gasteiger partial charge is 0.396 e. The lowest BCUT2D eigenvalue weighted by atomic mass is 9.76. The van der Waals surface area contributed by atoms with E-state index in [-0.39, 0.29) is 22.6 Å². The van der Waals surface area contributed by atoms with E-state index in [9.17, 15) is 23.1 Å². The van der Waals surface area contributed by atoms with Crippen LogP contribution in [0.25, 0.3) is 11.1 Å². The van der Waals surface area contributed by atoms with E-state index in [1.807, 2.05) is 4.90 Å². The molecule has 0 saturated carbocycles. The van der Waals surface area contributed by atoms with Gasteiger partial charge in [-0.1, -0.05) is 48.0 Å². The van der Waals surface area contributed by atoms with Crippen LogP contribution in [-0.2, 0) is 11.2 Å². The van der Waals surface area contributed by atoms with Crippen LogP contribution in [0.1, 0.15) is 36.4 Å².